The predicted octanol–water partition coefficient (Wildman–Crippen LogP) is 2.97. The summed E-state index contributed by atoms with van der Waals surface area (Å²) < 4.78 is 18.6. The van der Waals surface area contributed by atoms with Crippen molar-refractivity contribution in [2.24, 2.45) is 0 Å². The molecular formula is C20H22FNO4. The predicted molar refractivity (Wildman–Crippen MR) is 95.6 cm³/mol. The molecule has 2 aromatic carbocycles. The Morgan fingerprint density at radius 1 is 1.19 bits per heavy atom. The van der Waals surface area contributed by atoms with Gasteiger partial charge in [0.05, 0.1) is 13.5 Å². The summed E-state index contributed by atoms with van der Waals surface area (Å²) in [4.78, 5) is 23.3. The number of methoxy groups -OCH3 is 1. The van der Waals surface area contributed by atoms with Crippen molar-refractivity contribution < 1.29 is 23.8 Å². The zero-order chi connectivity index (χ0) is 18.9. The van der Waals surface area contributed by atoms with Gasteiger partial charge in [-0.05, 0) is 36.6 Å². The average Bonchev–Trinajstić information content (AvgIpc) is 2.60. The van der Waals surface area contributed by atoms with Gasteiger partial charge in [0.25, 0.3) is 0 Å². The fourth-order valence-corrected chi connectivity index (χ4v) is 2.76. The van der Waals surface area contributed by atoms with Gasteiger partial charge in [-0.1, -0.05) is 30.3 Å². The van der Waals surface area contributed by atoms with Crippen LogP contribution in [0, 0.1) is 5.82 Å². The number of nitrogens with one attached hydrogen (secondary N) is 1. The third kappa shape index (κ3) is 6.20. The molecule has 0 aromatic heterocycles. The molecule has 0 spiro atoms. The normalized spacial score (nSPS) is 11.6. The van der Waals surface area contributed by atoms with E-state index in [0.717, 1.165) is 5.56 Å². The number of hydrogen-bond acceptors (Lipinski definition) is 3. The van der Waals surface area contributed by atoms with Crippen LogP contribution in [0.4, 0.5) is 4.39 Å². The van der Waals surface area contributed by atoms with Crippen molar-refractivity contribution in [2.75, 3.05) is 7.11 Å². The van der Waals surface area contributed by atoms with Gasteiger partial charge in [-0.15, -0.1) is 0 Å². The number of halogens is 1. The van der Waals surface area contributed by atoms with Gasteiger partial charge >= 0.3 is 5.97 Å². The van der Waals surface area contributed by atoms with Gasteiger partial charge < -0.3 is 15.2 Å². The molecule has 0 saturated heterocycles. The largest absolute Gasteiger partial charge is 0.496 e. The molecule has 138 valence electrons. The van der Waals surface area contributed by atoms with Crippen LogP contribution in [0.5, 0.6) is 5.75 Å². The van der Waals surface area contributed by atoms with Crippen molar-refractivity contribution in [3.05, 3.63) is 65.5 Å². The second-order valence-corrected chi connectivity index (χ2v) is 6.02. The number of carboxylic acid groups (broad SMARTS) is 1. The van der Waals surface area contributed by atoms with Crippen LogP contribution in [0.2, 0.25) is 0 Å². The van der Waals surface area contributed by atoms with Crippen LogP contribution in [0.15, 0.2) is 48.5 Å². The lowest BCUT2D eigenvalue weighted by atomic mass is 10.0. The quantitative estimate of drug-likeness (QED) is 0.722. The van der Waals surface area contributed by atoms with E-state index in [9.17, 15) is 14.0 Å². The van der Waals surface area contributed by atoms with Crippen LogP contribution in [0.25, 0.3) is 0 Å². The van der Waals surface area contributed by atoms with E-state index in [-0.39, 0.29) is 24.8 Å². The Morgan fingerprint density at radius 3 is 2.58 bits per heavy atom. The average molecular weight is 359 g/mol. The van der Waals surface area contributed by atoms with E-state index in [1.54, 1.807) is 0 Å². The van der Waals surface area contributed by atoms with Crippen LogP contribution >= 0.6 is 0 Å². The van der Waals surface area contributed by atoms with Crippen molar-refractivity contribution in [2.45, 2.75) is 31.7 Å². The second-order valence-electron chi connectivity index (χ2n) is 6.02. The number of amides is 1. The van der Waals surface area contributed by atoms with E-state index >= 15 is 0 Å². The first kappa shape index (κ1) is 19.4. The molecule has 0 aliphatic carbocycles. The van der Waals surface area contributed by atoms with Crippen molar-refractivity contribution >= 4 is 11.9 Å². The SMILES string of the molecule is COc1ccc(F)cc1CC(=O)NC(CCC(=O)O)Cc1ccccc1. The molecule has 0 aliphatic rings. The van der Waals surface area contributed by atoms with Gasteiger partial charge in [-0.25, -0.2) is 4.39 Å². The van der Waals surface area contributed by atoms with E-state index in [0.29, 0.717) is 24.2 Å². The Labute approximate surface area is 151 Å². The second kappa shape index (κ2) is 9.56. The van der Waals surface area contributed by atoms with E-state index in [1.807, 2.05) is 30.3 Å². The maximum Gasteiger partial charge on any atom is 0.303 e. The van der Waals surface area contributed by atoms with Crippen molar-refractivity contribution in [1.82, 2.24) is 5.32 Å². The number of ether oxygens (including phenoxy) is 1. The first-order chi connectivity index (χ1) is 12.5. The molecule has 2 rings (SSSR count). The van der Waals surface area contributed by atoms with E-state index in [4.69, 9.17) is 9.84 Å². The molecule has 0 aliphatic heterocycles. The molecule has 0 bridgehead atoms. The van der Waals surface area contributed by atoms with E-state index < -0.39 is 11.8 Å². The van der Waals surface area contributed by atoms with Crippen LogP contribution < -0.4 is 10.1 Å². The first-order valence-electron chi connectivity index (χ1n) is 8.35. The molecule has 1 unspecified atom stereocenters. The van der Waals surface area contributed by atoms with Crippen LogP contribution in [-0.4, -0.2) is 30.1 Å². The molecule has 6 heteroatoms. The summed E-state index contributed by atoms with van der Waals surface area (Å²) in [5.74, 6) is -1.23. The van der Waals surface area contributed by atoms with E-state index in [2.05, 4.69) is 5.32 Å². The summed E-state index contributed by atoms with van der Waals surface area (Å²) in [7, 11) is 1.46. The Morgan fingerprint density at radius 2 is 1.92 bits per heavy atom. The highest BCUT2D eigenvalue weighted by Crippen LogP contribution is 2.20. The molecule has 0 saturated carbocycles. The lowest BCUT2D eigenvalue weighted by Gasteiger charge is -2.19. The molecule has 1 atom stereocenters. The highest BCUT2D eigenvalue weighted by Gasteiger charge is 2.17. The molecule has 26 heavy (non-hydrogen) atoms. The Hall–Kier alpha value is -2.89. The Balaban J connectivity index is 2.05. The Kier molecular flexibility index (Phi) is 7.14. The zero-order valence-electron chi connectivity index (χ0n) is 14.6. The highest BCUT2D eigenvalue weighted by molar-refractivity contribution is 5.79. The molecular weight excluding hydrogens is 337 g/mol. The van der Waals surface area contributed by atoms with Gasteiger partial charge in [0, 0.05) is 18.0 Å². The third-order valence-electron chi connectivity index (χ3n) is 3.99. The van der Waals surface area contributed by atoms with Crippen LogP contribution in [0.3, 0.4) is 0 Å². The third-order valence-corrected chi connectivity index (χ3v) is 3.99. The summed E-state index contributed by atoms with van der Waals surface area (Å²) >= 11 is 0. The maximum atomic E-state index is 13.4. The highest BCUT2D eigenvalue weighted by atomic mass is 19.1. The van der Waals surface area contributed by atoms with Gasteiger partial charge in [-0.3, -0.25) is 9.59 Å². The van der Waals surface area contributed by atoms with Gasteiger partial charge in [0.2, 0.25) is 5.91 Å². The van der Waals surface area contributed by atoms with Gasteiger partial charge in [0.15, 0.2) is 0 Å². The Bertz CT molecular complexity index is 749. The smallest absolute Gasteiger partial charge is 0.303 e. The standard InChI is InChI=1S/C20H22FNO4/c1-26-18-9-7-16(21)12-15(18)13-19(23)22-17(8-10-20(24)25)11-14-5-3-2-4-6-14/h2-7,9,12,17H,8,10-11,13H2,1H3,(H,22,23)(H,24,25). The number of aliphatic carboxylic acids is 1. The number of carbonyl (C=O) groups is 2. The first-order valence-corrected chi connectivity index (χ1v) is 8.35. The molecule has 5 nitrogen and oxygen atoms in total. The summed E-state index contributed by atoms with van der Waals surface area (Å²) in [6.07, 6.45) is 0.761. The summed E-state index contributed by atoms with van der Waals surface area (Å²) in [5, 5.41) is 11.8. The monoisotopic (exact) mass is 359 g/mol. The summed E-state index contributed by atoms with van der Waals surface area (Å²) in [6.45, 7) is 0. The lowest BCUT2D eigenvalue weighted by Crippen LogP contribution is -2.37. The van der Waals surface area contributed by atoms with Crippen LogP contribution in [0.1, 0.15) is 24.0 Å². The number of benzene rings is 2. The molecule has 2 aromatic rings. The van der Waals surface area contributed by atoms with Gasteiger partial charge in [-0.2, -0.15) is 0 Å². The van der Waals surface area contributed by atoms with Crippen molar-refractivity contribution in [3.8, 4) is 5.75 Å². The molecule has 0 fully saturated rings. The minimum absolute atomic E-state index is 0.0406. The topological polar surface area (TPSA) is 75.6 Å². The zero-order valence-corrected chi connectivity index (χ0v) is 14.6. The minimum atomic E-state index is -0.913. The van der Waals surface area contributed by atoms with Gasteiger partial charge in [0.1, 0.15) is 11.6 Å². The molecule has 0 radical (unpaired) electrons. The van der Waals surface area contributed by atoms with E-state index in [1.165, 1.54) is 25.3 Å². The lowest BCUT2D eigenvalue weighted by molar-refractivity contribution is -0.137. The molecule has 0 heterocycles. The number of rotatable bonds is 9. The number of carboxylic acids is 1. The van der Waals surface area contributed by atoms with Crippen molar-refractivity contribution in [1.29, 1.82) is 0 Å². The maximum absolute atomic E-state index is 13.4. The fourth-order valence-electron chi connectivity index (χ4n) is 2.76. The molecule has 1 amide bonds. The minimum Gasteiger partial charge on any atom is -0.496 e. The summed E-state index contributed by atoms with van der Waals surface area (Å²) in [5.41, 5.74) is 1.45. The van der Waals surface area contributed by atoms with Crippen LogP contribution in [-0.2, 0) is 22.4 Å². The number of hydrogen-bond donors (Lipinski definition) is 2. The summed E-state index contributed by atoms with van der Waals surface area (Å²) in [6, 6.07) is 13.2. The van der Waals surface area contributed by atoms with Crippen molar-refractivity contribution in [3.63, 3.8) is 0 Å². The fraction of sp³-hybridized carbons (Fsp3) is 0.300. The molecule has 2 N–H and O–H groups in total. The number of carbonyl (C=O) groups excluding carboxylic acids is 1.